The summed E-state index contributed by atoms with van der Waals surface area (Å²) in [7, 11) is 0. The minimum Gasteiger partial charge on any atom is -0.334 e. The van der Waals surface area contributed by atoms with Crippen LogP contribution in [0.1, 0.15) is 10.4 Å². The molecule has 0 aliphatic carbocycles. The van der Waals surface area contributed by atoms with Gasteiger partial charge < -0.3 is 5.32 Å². The van der Waals surface area contributed by atoms with Crippen LogP contribution in [0.3, 0.4) is 0 Å². The average molecular weight is 479 g/mol. The normalized spacial score (nSPS) is 10.5. The second-order valence-electron chi connectivity index (χ2n) is 6.39. The van der Waals surface area contributed by atoms with Gasteiger partial charge in [-0.25, -0.2) is 9.97 Å². The van der Waals surface area contributed by atoms with Crippen LogP contribution in [0.2, 0.25) is 0 Å². The van der Waals surface area contributed by atoms with Gasteiger partial charge in [-0.2, -0.15) is 0 Å². The largest absolute Gasteiger partial charge is 0.355 e. The minimum atomic E-state index is -0.611. The topological polar surface area (TPSA) is 122 Å². The van der Waals surface area contributed by atoms with Gasteiger partial charge in [0.15, 0.2) is 0 Å². The molecule has 0 fully saturated rings. The lowest BCUT2D eigenvalue weighted by atomic mass is 10.1. The Labute approximate surface area is 184 Å². The quantitative estimate of drug-likeness (QED) is 0.268. The number of hydrogen-bond donors (Lipinski definition) is 3. The van der Waals surface area contributed by atoms with Crippen LogP contribution in [0.4, 0.5) is 23.0 Å². The Hall–Kier alpha value is -4.05. The standard InChI is InChI=1S/C21H15BrN6O3/c22-16-10-4-3-9-15(16)21(29)27-26-20-18(28(30)31)19(23-12-24-20)25-17-11-5-7-13-6-1-2-8-14(13)17/h1-12H,(H,27,29)(H2,23,24,25,26). The fourth-order valence-corrected chi connectivity index (χ4v) is 3.49. The maximum absolute atomic E-state index is 12.4. The molecule has 0 spiro atoms. The lowest BCUT2D eigenvalue weighted by molar-refractivity contribution is -0.383. The first-order valence-electron chi connectivity index (χ1n) is 9.09. The van der Waals surface area contributed by atoms with Crippen molar-refractivity contribution in [1.82, 2.24) is 15.4 Å². The van der Waals surface area contributed by atoms with Crippen molar-refractivity contribution in [2.24, 2.45) is 0 Å². The summed E-state index contributed by atoms with van der Waals surface area (Å²) in [5.41, 5.74) is 5.58. The maximum Gasteiger partial charge on any atom is 0.355 e. The highest BCUT2D eigenvalue weighted by Gasteiger charge is 2.24. The number of rotatable bonds is 6. The molecule has 0 atom stereocenters. The molecule has 0 bridgehead atoms. The van der Waals surface area contributed by atoms with Crippen molar-refractivity contribution < 1.29 is 9.72 Å². The number of carbonyl (C=O) groups is 1. The fraction of sp³-hybridized carbons (Fsp3) is 0. The molecule has 3 N–H and O–H groups in total. The van der Waals surface area contributed by atoms with Crippen molar-refractivity contribution in [2.75, 3.05) is 10.7 Å². The van der Waals surface area contributed by atoms with Crippen LogP contribution in [0.5, 0.6) is 0 Å². The van der Waals surface area contributed by atoms with Crippen LogP contribution in [-0.2, 0) is 0 Å². The minimum absolute atomic E-state index is 0.00556. The molecule has 0 radical (unpaired) electrons. The lowest BCUT2D eigenvalue weighted by Gasteiger charge is -2.12. The van der Waals surface area contributed by atoms with Gasteiger partial charge in [-0.05, 0) is 39.5 Å². The van der Waals surface area contributed by atoms with E-state index in [0.29, 0.717) is 15.7 Å². The third-order valence-corrected chi connectivity index (χ3v) is 5.15. The number of benzene rings is 3. The first-order valence-corrected chi connectivity index (χ1v) is 9.89. The summed E-state index contributed by atoms with van der Waals surface area (Å²) >= 11 is 3.30. The first-order chi connectivity index (χ1) is 15.0. The molecule has 1 amide bonds. The summed E-state index contributed by atoms with van der Waals surface area (Å²) in [5, 5.41) is 16.7. The smallest absolute Gasteiger partial charge is 0.334 e. The molecule has 154 valence electrons. The van der Waals surface area contributed by atoms with Crippen LogP contribution < -0.4 is 16.2 Å². The molecule has 4 aromatic rings. The predicted octanol–water partition coefficient (Wildman–Crippen LogP) is 4.80. The predicted molar refractivity (Wildman–Crippen MR) is 121 cm³/mol. The van der Waals surface area contributed by atoms with Crippen LogP contribution >= 0.6 is 15.9 Å². The van der Waals surface area contributed by atoms with E-state index in [-0.39, 0.29) is 11.6 Å². The third-order valence-electron chi connectivity index (χ3n) is 4.46. The van der Waals surface area contributed by atoms with Gasteiger partial charge in [-0.1, -0.05) is 48.5 Å². The first kappa shape index (κ1) is 20.2. The van der Waals surface area contributed by atoms with E-state index in [2.05, 4.69) is 42.1 Å². The van der Waals surface area contributed by atoms with Gasteiger partial charge in [0.2, 0.25) is 11.6 Å². The van der Waals surface area contributed by atoms with Crippen LogP contribution in [-0.4, -0.2) is 20.8 Å². The highest BCUT2D eigenvalue weighted by atomic mass is 79.9. The molecule has 4 rings (SSSR count). The fourth-order valence-electron chi connectivity index (χ4n) is 3.03. The number of nitro groups is 1. The monoisotopic (exact) mass is 478 g/mol. The Kier molecular flexibility index (Phi) is 5.72. The molecule has 31 heavy (non-hydrogen) atoms. The Morgan fingerprint density at radius 3 is 2.45 bits per heavy atom. The second-order valence-corrected chi connectivity index (χ2v) is 7.24. The van der Waals surface area contributed by atoms with E-state index in [9.17, 15) is 14.9 Å². The summed E-state index contributed by atoms with van der Waals surface area (Å²) in [4.78, 5) is 31.5. The van der Waals surface area contributed by atoms with Gasteiger partial charge in [0.1, 0.15) is 6.33 Å². The van der Waals surface area contributed by atoms with E-state index in [4.69, 9.17) is 0 Å². The Balaban J connectivity index is 1.63. The van der Waals surface area contributed by atoms with Crippen molar-refractivity contribution in [3.63, 3.8) is 0 Å². The van der Waals surface area contributed by atoms with Crippen LogP contribution in [0.15, 0.2) is 77.5 Å². The molecule has 0 aliphatic rings. The number of carbonyl (C=O) groups excluding carboxylic acids is 1. The van der Waals surface area contributed by atoms with E-state index < -0.39 is 16.5 Å². The van der Waals surface area contributed by atoms with Gasteiger partial charge in [0, 0.05) is 15.5 Å². The number of hydrazine groups is 1. The van der Waals surface area contributed by atoms with Crippen LogP contribution in [0.25, 0.3) is 10.8 Å². The molecule has 3 aromatic carbocycles. The number of nitrogens with one attached hydrogen (secondary N) is 3. The number of nitrogens with zero attached hydrogens (tertiary/aromatic N) is 3. The SMILES string of the molecule is O=C(NNc1ncnc(Nc2cccc3ccccc23)c1[N+](=O)[O-])c1ccccc1Br. The molecule has 9 nitrogen and oxygen atoms in total. The van der Waals surface area contributed by atoms with Gasteiger partial charge in [-0.15, -0.1) is 0 Å². The number of halogens is 1. The highest BCUT2D eigenvalue weighted by molar-refractivity contribution is 9.10. The Bertz CT molecular complexity index is 1290. The number of fused-ring (bicyclic) bond motifs is 1. The third kappa shape index (κ3) is 4.28. The number of hydrogen-bond acceptors (Lipinski definition) is 7. The molecular weight excluding hydrogens is 464 g/mol. The van der Waals surface area contributed by atoms with E-state index in [0.717, 1.165) is 10.8 Å². The molecule has 0 saturated carbocycles. The van der Waals surface area contributed by atoms with Gasteiger partial charge in [-0.3, -0.25) is 25.8 Å². The maximum atomic E-state index is 12.4. The van der Waals surface area contributed by atoms with E-state index >= 15 is 0 Å². The van der Waals surface area contributed by atoms with Crippen molar-refractivity contribution in [1.29, 1.82) is 0 Å². The number of amides is 1. The van der Waals surface area contributed by atoms with Gasteiger partial charge in [0.05, 0.1) is 10.5 Å². The van der Waals surface area contributed by atoms with Crippen molar-refractivity contribution in [3.8, 4) is 0 Å². The average Bonchev–Trinajstić information content (AvgIpc) is 2.78. The summed E-state index contributed by atoms with van der Waals surface area (Å²) in [6, 6.07) is 20.0. The number of aromatic nitrogens is 2. The number of anilines is 3. The summed E-state index contributed by atoms with van der Waals surface area (Å²) in [5.74, 6) is -0.638. The summed E-state index contributed by atoms with van der Waals surface area (Å²) in [6.45, 7) is 0. The lowest BCUT2D eigenvalue weighted by Crippen LogP contribution is -2.30. The zero-order valence-corrected chi connectivity index (χ0v) is 17.5. The van der Waals surface area contributed by atoms with E-state index in [1.165, 1.54) is 6.33 Å². The molecule has 0 saturated heterocycles. The molecular formula is C21H15BrN6O3. The molecule has 10 heteroatoms. The zero-order chi connectivity index (χ0) is 21.8. The second kappa shape index (κ2) is 8.76. The van der Waals surface area contributed by atoms with Gasteiger partial charge in [0.25, 0.3) is 5.91 Å². The Morgan fingerprint density at radius 2 is 1.65 bits per heavy atom. The molecule has 1 heterocycles. The van der Waals surface area contributed by atoms with Crippen LogP contribution in [0, 0.1) is 10.1 Å². The highest BCUT2D eigenvalue weighted by Crippen LogP contribution is 2.33. The Morgan fingerprint density at radius 1 is 0.935 bits per heavy atom. The summed E-state index contributed by atoms with van der Waals surface area (Å²) in [6.07, 6.45) is 1.17. The van der Waals surface area contributed by atoms with Crippen molar-refractivity contribution in [2.45, 2.75) is 0 Å². The van der Waals surface area contributed by atoms with E-state index in [1.807, 2.05) is 36.4 Å². The molecule has 1 aromatic heterocycles. The molecule has 0 unspecified atom stereocenters. The zero-order valence-electron chi connectivity index (χ0n) is 15.9. The van der Waals surface area contributed by atoms with Crippen molar-refractivity contribution in [3.05, 3.63) is 93.2 Å². The summed E-state index contributed by atoms with van der Waals surface area (Å²) < 4.78 is 0.588. The van der Waals surface area contributed by atoms with Gasteiger partial charge >= 0.3 is 5.69 Å². The molecule has 0 aliphatic heterocycles. The van der Waals surface area contributed by atoms with Crippen molar-refractivity contribution >= 4 is 55.6 Å². The van der Waals surface area contributed by atoms with E-state index in [1.54, 1.807) is 30.3 Å².